The molecule has 2 N–H and O–H groups in total. The molecule has 0 aliphatic rings. The van der Waals surface area contributed by atoms with E-state index in [1.165, 1.54) is 12.1 Å². The van der Waals surface area contributed by atoms with Gasteiger partial charge in [0.15, 0.2) is 0 Å². The first-order chi connectivity index (χ1) is 5.20. The summed E-state index contributed by atoms with van der Waals surface area (Å²) >= 11 is 0. The average molecular weight is 162 g/mol. The predicted octanol–water partition coefficient (Wildman–Crippen LogP) is 2.25. The van der Waals surface area contributed by atoms with Gasteiger partial charge in [-0.3, -0.25) is 0 Å². The van der Waals surface area contributed by atoms with E-state index in [4.69, 9.17) is 19.4 Å². The molecule has 0 aliphatic carbocycles. The smallest absolute Gasteiger partial charge is 0.122 e. The molecular weight excluding hydrogens is 154 g/mol. The van der Waals surface area contributed by atoms with Crippen LogP contribution >= 0.6 is 0 Å². The van der Waals surface area contributed by atoms with Gasteiger partial charge in [-0.1, -0.05) is 6.07 Å². The van der Waals surface area contributed by atoms with Crippen molar-refractivity contribution in [2.75, 3.05) is 0 Å². The topological polar surface area (TPSA) is 40.5 Å². The molecule has 0 atom stereocenters. The van der Waals surface area contributed by atoms with Crippen LogP contribution in [0, 0.1) is 6.92 Å². The molecule has 1 aromatic rings. The number of hydrogen-bond donors (Lipinski definition) is 2. The molecule has 0 radical (unpaired) electrons. The molecule has 0 saturated heterocycles. The first-order valence-electron chi connectivity index (χ1n) is 2.83. The van der Waals surface area contributed by atoms with Gasteiger partial charge in [0.05, 0.1) is 0 Å². The van der Waals surface area contributed by atoms with E-state index in [0.717, 1.165) is 5.56 Å². The highest BCUT2D eigenvalue weighted by Gasteiger charge is 1.93. The molecule has 1 rings (SSSR count). The van der Waals surface area contributed by atoms with Gasteiger partial charge >= 0.3 is 0 Å². The zero-order chi connectivity index (χ0) is 8.85. The standard InChI is InChI=1S/C7H8O2.F2/c1-5-2-3-6(8)4-7(5)9;1-2/h2-4,8-9H,1H3;. The van der Waals surface area contributed by atoms with Crippen molar-refractivity contribution in [3.05, 3.63) is 23.8 Å². The summed E-state index contributed by atoms with van der Waals surface area (Å²) in [7, 11) is 0. The maximum Gasteiger partial charge on any atom is 0.122 e. The summed E-state index contributed by atoms with van der Waals surface area (Å²) in [5, 5.41) is 17.7. The van der Waals surface area contributed by atoms with Gasteiger partial charge in [-0.25, -0.2) is 0 Å². The Kier molecular flexibility index (Phi) is 3.95. The van der Waals surface area contributed by atoms with Crippen molar-refractivity contribution in [3.8, 4) is 11.5 Å². The van der Waals surface area contributed by atoms with Crippen LogP contribution in [-0.4, -0.2) is 10.2 Å². The minimum absolute atomic E-state index is 0.0955. The first-order valence-corrected chi connectivity index (χ1v) is 2.83. The summed E-state index contributed by atoms with van der Waals surface area (Å²) in [5.41, 5.74) is 0.771. The van der Waals surface area contributed by atoms with Gasteiger partial charge in [0, 0.05) is 15.2 Å². The number of hydrogen-bond acceptors (Lipinski definition) is 2. The Bertz CT molecular complexity index is 226. The Morgan fingerprint density at radius 2 is 1.73 bits per heavy atom. The summed E-state index contributed by atoms with van der Waals surface area (Å²) in [6, 6.07) is 4.51. The van der Waals surface area contributed by atoms with Crippen molar-refractivity contribution in [2.45, 2.75) is 6.92 Å². The van der Waals surface area contributed by atoms with Crippen molar-refractivity contribution in [1.82, 2.24) is 0 Å². The van der Waals surface area contributed by atoms with Crippen molar-refractivity contribution >= 4 is 0 Å². The van der Waals surface area contributed by atoms with Gasteiger partial charge in [0.1, 0.15) is 11.5 Å². The largest absolute Gasteiger partial charge is 0.508 e. The Labute approximate surface area is 62.6 Å². The van der Waals surface area contributed by atoms with Gasteiger partial charge < -0.3 is 10.2 Å². The average Bonchev–Trinajstić information content (AvgIpc) is 2.02. The lowest BCUT2D eigenvalue weighted by Gasteiger charge is -1.96. The molecule has 0 amide bonds. The summed E-state index contributed by atoms with van der Waals surface area (Å²) < 4.78 is 16.0. The molecule has 0 spiro atoms. The summed E-state index contributed by atoms with van der Waals surface area (Å²) in [5.74, 6) is 0.230. The molecule has 1 aromatic carbocycles. The van der Waals surface area contributed by atoms with Crippen molar-refractivity contribution in [3.63, 3.8) is 0 Å². The van der Waals surface area contributed by atoms with E-state index in [1.54, 1.807) is 13.0 Å². The van der Waals surface area contributed by atoms with Crippen molar-refractivity contribution in [2.24, 2.45) is 0 Å². The van der Waals surface area contributed by atoms with E-state index in [1.807, 2.05) is 0 Å². The molecule has 2 nitrogen and oxygen atoms in total. The number of halogens is 2. The Balaban J connectivity index is 0.000000461. The van der Waals surface area contributed by atoms with Gasteiger partial charge in [-0.2, -0.15) is 0 Å². The maximum absolute atomic E-state index is 8.94. The second-order valence-corrected chi connectivity index (χ2v) is 1.97. The quantitative estimate of drug-likeness (QED) is 0.614. The SMILES string of the molecule is Cc1ccc(O)cc1O.FF. The van der Waals surface area contributed by atoms with Crippen LogP contribution in [0.1, 0.15) is 5.56 Å². The van der Waals surface area contributed by atoms with E-state index >= 15 is 0 Å². The van der Waals surface area contributed by atoms with Crippen molar-refractivity contribution < 1.29 is 19.4 Å². The highest BCUT2D eigenvalue weighted by atomic mass is 20.0. The first kappa shape index (κ1) is 9.68. The number of phenolic OH excluding ortho intramolecular Hbond substituents is 2. The van der Waals surface area contributed by atoms with Crippen LogP contribution in [0.2, 0.25) is 0 Å². The lowest BCUT2D eigenvalue weighted by Crippen LogP contribution is -1.71. The van der Waals surface area contributed by atoms with E-state index in [9.17, 15) is 0 Å². The second kappa shape index (κ2) is 4.49. The van der Waals surface area contributed by atoms with E-state index in [0.29, 0.717) is 0 Å². The minimum atomic E-state index is 0.0955. The van der Waals surface area contributed by atoms with Crippen LogP contribution in [-0.2, 0) is 0 Å². The summed E-state index contributed by atoms with van der Waals surface area (Å²) in [4.78, 5) is 0. The molecule has 62 valence electrons. The molecule has 11 heavy (non-hydrogen) atoms. The van der Waals surface area contributed by atoms with Crippen LogP contribution in [0.5, 0.6) is 11.5 Å². The number of phenols is 2. The number of benzene rings is 1. The van der Waals surface area contributed by atoms with Gasteiger partial charge in [0.2, 0.25) is 0 Å². The Hall–Kier alpha value is -1.32. The lowest BCUT2D eigenvalue weighted by molar-refractivity contribution is 0.108. The molecular formula is C7H8F2O2. The molecule has 4 heteroatoms. The van der Waals surface area contributed by atoms with Crippen molar-refractivity contribution in [1.29, 1.82) is 0 Å². The highest BCUT2D eigenvalue weighted by Crippen LogP contribution is 2.20. The van der Waals surface area contributed by atoms with Crippen LogP contribution in [0.25, 0.3) is 0 Å². The van der Waals surface area contributed by atoms with E-state index in [-0.39, 0.29) is 11.5 Å². The number of rotatable bonds is 0. The van der Waals surface area contributed by atoms with E-state index in [2.05, 4.69) is 0 Å². The molecule has 0 unspecified atom stereocenters. The molecule has 0 saturated carbocycles. The molecule has 0 fully saturated rings. The fraction of sp³-hybridized carbons (Fsp3) is 0.143. The summed E-state index contributed by atoms with van der Waals surface area (Å²) in [6.45, 7) is 1.77. The molecule has 0 aliphatic heterocycles. The van der Waals surface area contributed by atoms with Gasteiger partial charge in [-0.05, 0) is 18.6 Å². The predicted molar refractivity (Wildman–Crippen MR) is 36.7 cm³/mol. The minimum Gasteiger partial charge on any atom is -0.508 e. The second-order valence-electron chi connectivity index (χ2n) is 1.97. The third kappa shape index (κ3) is 2.84. The van der Waals surface area contributed by atoms with Gasteiger partial charge in [-0.15, -0.1) is 0 Å². The summed E-state index contributed by atoms with van der Waals surface area (Å²) in [6.07, 6.45) is 0. The maximum atomic E-state index is 8.94. The Morgan fingerprint density at radius 1 is 1.18 bits per heavy atom. The number of aromatic hydroxyl groups is 2. The zero-order valence-electron chi connectivity index (χ0n) is 5.88. The monoisotopic (exact) mass is 162 g/mol. The third-order valence-electron chi connectivity index (χ3n) is 1.19. The molecule has 0 bridgehead atoms. The fourth-order valence-electron chi connectivity index (χ4n) is 0.598. The lowest BCUT2D eigenvalue weighted by atomic mass is 10.2. The van der Waals surface area contributed by atoms with Crippen LogP contribution in [0.3, 0.4) is 0 Å². The highest BCUT2D eigenvalue weighted by molar-refractivity contribution is 5.37. The van der Waals surface area contributed by atoms with Crippen LogP contribution < -0.4 is 0 Å². The van der Waals surface area contributed by atoms with Gasteiger partial charge in [0.25, 0.3) is 0 Å². The van der Waals surface area contributed by atoms with E-state index < -0.39 is 0 Å². The Morgan fingerprint density at radius 3 is 2.09 bits per heavy atom. The zero-order valence-corrected chi connectivity index (χ0v) is 5.88. The van der Waals surface area contributed by atoms with Crippen LogP contribution in [0.4, 0.5) is 9.15 Å². The van der Waals surface area contributed by atoms with Crippen LogP contribution in [0.15, 0.2) is 18.2 Å². The normalized spacial score (nSPS) is 8.27. The molecule has 0 heterocycles. The number of aryl methyl sites for hydroxylation is 1. The molecule has 0 aromatic heterocycles. The fourth-order valence-corrected chi connectivity index (χ4v) is 0.598. The third-order valence-corrected chi connectivity index (χ3v) is 1.19.